The van der Waals surface area contributed by atoms with E-state index in [0.29, 0.717) is 6.54 Å². The van der Waals surface area contributed by atoms with Crippen molar-refractivity contribution in [2.24, 2.45) is 0 Å². The van der Waals surface area contributed by atoms with Gasteiger partial charge in [0.1, 0.15) is 5.75 Å². The quantitative estimate of drug-likeness (QED) is 0.770. The Bertz CT molecular complexity index is 382. The third-order valence-corrected chi connectivity index (χ3v) is 4.02. The van der Waals surface area contributed by atoms with Crippen molar-refractivity contribution in [1.29, 1.82) is 0 Å². The number of rotatable bonds is 8. The summed E-state index contributed by atoms with van der Waals surface area (Å²) >= 11 is 1.66. The Morgan fingerprint density at radius 1 is 1.42 bits per heavy atom. The zero-order chi connectivity index (χ0) is 14.3. The summed E-state index contributed by atoms with van der Waals surface area (Å²) in [6.07, 6.45) is 2.96. The van der Waals surface area contributed by atoms with Gasteiger partial charge in [-0.25, -0.2) is 0 Å². The van der Waals surface area contributed by atoms with Crippen LogP contribution in [-0.4, -0.2) is 36.4 Å². The SMILES string of the molecule is CCC(NCC(C)(O)CSC)c1ccccc1OC. The van der Waals surface area contributed by atoms with Gasteiger partial charge in [0.05, 0.1) is 12.7 Å². The van der Waals surface area contributed by atoms with Crippen LogP contribution in [0.1, 0.15) is 31.9 Å². The molecule has 0 amide bonds. The van der Waals surface area contributed by atoms with E-state index >= 15 is 0 Å². The van der Waals surface area contributed by atoms with Crippen LogP contribution >= 0.6 is 11.8 Å². The van der Waals surface area contributed by atoms with Gasteiger partial charge in [-0.05, 0) is 25.7 Å². The van der Waals surface area contributed by atoms with Crippen molar-refractivity contribution in [3.05, 3.63) is 29.8 Å². The predicted molar refractivity (Wildman–Crippen MR) is 83.0 cm³/mol. The Morgan fingerprint density at radius 3 is 2.68 bits per heavy atom. The predicted octanol–water partition coefficient (Wildman–Crippen LogP) is 2.85. The molecule has 0 saturated carbocycles. The summed E-state index contributed by atoms with van der Waals surface area (Å²) in [5, 5.41) is 13.7. The van der Waals surface area contributed by atoms with Crippen LogP contribution in [0.5, 0.6) is 5.75 Å². The fraction of sp³-hybridized carbons (Fsp3) is 0.600. The second-order valence-corrected chi connectivity index (χ2v) is 5.88. The number of para-hydroxylation sites is 1. The van der Waals surface area contributed by atoms with Crippen LogP contribution in [0, 0.1) is 0 Å². The minimum absolute atomic E-state index is 0.199. The number of benzene rings is 1. The molecule has 0 bridgehead atoms. The van der Waals surface area contributed by atoms with E-state index in [1.54, 1.807) is 18.9 Å². The fourth-order valence-electron chi connectivity index (χ4n) is 2.13. The molecule has 2 atom stereocenters. The van der Waals surface area contributed by atoms with E-state index in [4.69, 9.17) is 4.74 Å². The maximum Gasteiger partial charge on any atom is 0.123 e. The molecule has 0 fully saturated rings. The molecule has 2 N–H and O–H groups in total. The highest BCUT2D eigenvalue weighted by Crippen LogP contribution is 2.27. The van der Waals surface area contributed by atoms with E-state index in [0.717, 1.165) is 23.5 Å². The van der Waals surface area contributed by atoms with Crippen LogP contribution < -0.4 is 10.1 Å². The zero-order valence-corrected chi connectivity index (χ0v) is 13.1. The summed E-state index contributed by atoms with van der Waals surface area (Å²) in [7, 11) is 1.69. The number of aliphatic hydroxyl groups is 1. The number of thioether (sulfide) groups is 1. The van der Waals surface area contributed by atoms with Gasteiger partial charge in [-0.1, -0.05) is 25.1 Å². The van der Waals surface area contributed by atoms with Gasteiger partial charge >= 0.3 is 0 Å². The lowest BCUT2D eigenvalue weighted by Crippen LogP contribution is -2.41. The monoisotopic (exact) mass is 283 g/mol. The van der Waals surface area contributed by atoms with Gasteiger partial charge in [0.25, 0.3) is 0 Å². The number of methoxy groups -OCH3 is 1. The minimum Gasteiger partial charge on any atom is -0.496 e. The third kappa shape index (κ3) is 5.05. The summed E-state index contributed by atoms with van der Waals surface area (Å²) < 4.78 is 5.40. The van der Waals surface area contributed by atoms with Crippen LogP contribution in [-0.2, 0) is 0 Å². The summed E-state index contributed by atoms with van der Waals surface area (Å²) in [4.78, 5) is 0. The molecule has 0 aliphatic carbocycles. The number of nitrogens with one attached hydrogen (secondary N) is 1. The first-order valence-electron chi connectivity index (χ1n) is 6.61. The summed E-state index contributed by atoms with van der Waals surface area (Å²) in [6.45, 7) is 4.57. The molecule has 3 nitrogen and oxygen atoms in total. The minimum atomic E-state index is -0.686. The standard InChI is InChI=1S/C15H25NO2S/c1-5-13(16-10-15(2,17)11-19-4)12-8-6-7-9-14(12)18-3/h6-9,13,16-17H,5,10-11H2,1-4H3. The van der Waals surface area contributed by atoms with Crippen LogP contribution in [0.2, 0.25) is 0 Å². The van der Waals surface area contributed by atoms with Crippen LogP contribution in [0.25, 0.3) is 0 Å². The average Bonchev–Trinajstić information content (AvgIpc) is 2.39. The first-order valence-corrected chi connectivity index (χ1v) is 8.01. The number of ether oxygens (including phenoxy) is 1. The van der Waals surface area contributed by atoms with E-state index in [1.807, 2.05) is 31.4 Å². The molecule has 0 heterocycles. The zero-order valence-electron chi connectivity index (χ0n) is 12.3. The topological polar surface area (TPSA) is 41.5 Å². The molecule has 0 spiro atoms. The molecule has 108 valence electrons. The molecule has 0 aliphatic rings. The van der Waals surface area contributed by atoms with Crippen molar-refractivity contribution in [3.8, 4) is 5.75 Å². The van der Waals surface area contributed by atoms with Crippen LogP contribution in [0.3, 0.4) is 0 Å². The molecule has 2 unspecified atom stereocenters. The van der Waals surface area contributed by atoms with Crippen molar-refractivity contribution in [1.82, 2.24) is 5.32 Å². The normalized spacial score (nSPS) is 15.8. The molecule has 4 heteroatoms. The van der Waals surface area contributed by atoms with E-state index in [9.17, 15) is 5.11 Å². The van der Waals surface area contributed by atoms with E-state index < -0.39 is 5.60 Å². The van der Waals surface area contributed by atoms with Crippen molar-refractivity contribution in [3.63, 3.8) is 0 Å². The first kappa shape index (κ1) is 16.3. The summed E-state index contributed by atoms with van der Waals surface area (Å²) in [5.74, 6) is 1.62. The third-order valence-electron chi connectivity index (χ3n) is 3.11. The van der Waals surface area contributed by atoms with Gasteiger partial charge in [-0.3, -0.25) is 0 Å². The lowest BCUT2D eigenvalue weighted by molar-refractivity contribution is 0.0811. The molecule has 1 aromatic rings. The molecular weight excluding hydrogens is 258 g/mol. The van der Waals surface area contributed by atoms with Crippen molar-refractivity contribution >= 4 is 11.8 Å². The lowest BCUT2D eigenvalue weighted by atomic mass is 10.0. The van der Waals surface area contributed by atoms with Crippen LogP contribution in [0.15, 0.2) is 24.3 Å². The Labute approximate surface area is 120 Å². The summed E-state index contributed by atoms with van der Waals surface area (Å²) in [6, 6.07) is 8.23. The molecule has 0 aromatic heterocycles. The molecule has 0 aliphatic heterocycles. The highest BCUT2D eigenvalue weighted by Gasteiger charge is 2.22. The number of hydrogen-bond donors (Lipinski definition) is 2. The fourth-order valence-corrected chi connectivity index (χ4v) is 2.86. The van der Waals surface area contributed by atoms with Gasteiger partial charge in [-0.15, -0.1) is 0 Å². The number of hydrogen-bond acceptors (Lipinski definition) is 4. The van der Waals surface area contributed by atoms with E-state index in [1.165, 1.54) is 0 Å². The Hall–Kier alpha value is -0.710. The Balaban J connectivity index is 2.73. The average molecular weight is 283 g/mol. The molecule has 1 aromatic carbocycles. The largest absolute Gasteiger partial charge is 0.496 e. The molecule has 0 saturated heterocycles. The smallest absolute Gasteiger partial charge is 0.123 e. The first-order chi connectivity index (χ1) is 9.04. The second kappa shape index (κ2) is 7.78. The molecular formula is C15H25NO2S. The maximum atomic E-state index is 10.2. The molecule has 19 heavy (non-hydrogen) atoms. The maximum absolute atomic E-state index is 10.2. The Kier molecular flexibility index (Phi) is 6.69. The molecule has 1 rings (SSSR count). The van der Waals surface area contributed by atoms with Gasteiger partial charge in [-0.2, -0.15) is 11.8 Å². The van der Waals surface area contributed by atoms with Crippen molar-refractivity contribution < 1.29 is 9.84 Å². The van der Waals surface area contributed by atoms with E-state index in [-0.39, 0.29) is 6.04 Å². The van der Waals surface area contributed by atoms with Gasteiger partial charge in [0.15, 0.2) is 0 Å². The van der Waals surface area contributed by atoms with Crippen molar-refractivity contribution in [2.45, 2.75) is 31.9 Å². The molecule has 0 radical (unpaired) electrons. The highest BCUT2D eigenvalue weighted by molar-refractivity contribution is 7.98. The van der Waals surface area contributed by atoms with Crippen LogP contribution in [0.4, 0.5) is 0 Å². The summed E-state index contributed by atoms with van der Waals surface area (Å²) in [5.41, 5.74) is 0.460. The van der Waals surface area contributed by atoms with Gasteiger partial charge in [0.2, 0.25) is 0 Å². The highest BCUT2D eigenvalue weighted by atomic mass is 32.2. The van der Waals surface area contributed by atoms with Crippen molar-refractivity contribution in [2.75, 3.05) is 25.7 Å². The van der Waals surface area contributed by atoms with Gasteiger partial charge in [0, 0.05) is 23.9 Å². The Morgan fingerprint density at radius 2 is 2.11 bits per heavy atom. The lowest BCUT2D eigenvalue weighted by Gasteiger charge is -2.27. The van der Waals surface area contributed by atoms with E-state index in [2.05, 4.69) is 18.3 Å². The van der Waals surface area contributed by atoms with Gasteiger partial charge < -0.3 is 15.2 Å². The second-order valence-electron chi connectivity index (χ2n) is 5.01.